The van der Waals surface area contributed by atoms with E-state index in [0.29, 0.717) is 0 Å². The summed E-state index contributed by atoms with van der Waals surface area (Å²) in [6.45, 7) is 7.30. The number of anilines is 1. The topological polar surface area (TPSA) is 59.4 Å². The van der Waals surface area contributed by atoms with Crippen LogP contribution in [0.5, 0.6) is 0 Å². The van der Waals surface area contributed by atoms with Crippen LogP contribution in [0.1, 0.15) is 27.2 Å². The second-order valence-corrected chi connectivity index (χ2v) is 5.89. The van der Waals surface area contributed by atoms with Crippen LogP contribution >= 0.6 is 0 Å². The Balaban J connectivity index is 1.86. The third kappa shape index (κ3) is 3.62. The van der Waals surface area contributed by atoms with Gasteiger partial charge in [-0.05, 0) is 27.2 Å². The van der Waals surface area contributed by atoms with Gasteiger partial charge in [0.25, 0.3) is 0 Å². The maximum absolute atomic E-state index is 11.7. The van der Waals surface area contributed by atoms with Crippen LogP contribution in [0.25, 0.3) is 0 Å². The molecular formula is C13H22N4O2. The predicted octanol–water partition coefficient (Wildman–Crippen LogP) is 1.52. The van der Waals surface area contributed by atoms with Crippen LogP contribution in [0.2, 0.25) is 0 Å². The van der Waals surface area contributed by atoms with E-state index >= 15 is 0 Å². The molecule has 0 aromatic carbocycles. The molecule has 106 valence electrons. The maximum Gasteiger partial charge on any atom is 0.407 e. The SMILES string of the molecule is Cn1nccc1N1CC[C@@H](NC(=O)OC(C)(C)C)C1. The smallest absolute Gasteiger partial charge is 0.407 e. The minimum atomic E-state index is -0.454. The lowest BCUT2D eigenvalue weighted by molar-refractivity contribution is 0.0509. The molecule has 1 atom stereocenters. The maximum atomic E-state index is 11.7. The monoisotopic (exact) mass is 266 g/mol. The Hall–Kier alpha value is -1.72. The van der Waals surface area contributed by atoms with Crippen LogP contribution in [0.3, 0.4) is 0 Å². The number of carbonyl (C=O) groups is 1. The van der Waals surface area contributed by atoms with Crippen molar-refractivity contribution in [2.24, 2.45) is 7.05 Å². The number of hydrogen-bond donors (Lipinski definition) is 1. The molecule has 1 aliphatic rings. The first-order chi connectivity index (χ1) is 8.85. The van der Waals surface area contributed by atoms with Crippen molar-refractivity contribution in [1.29, 1.82) is 0 Å². The van der Waals surface area contributed by atoms with Gasteiger partial charge in [0.1, 0.15) is 11.4 Å². The summed E-state index contributed by atoms with van der Waals surface area (Å²) in [6.07, 6.45) is 2.36. The lowest BCUT2D eigenvalue weighted by Crippen LogP contribution is -2.40. The molecule has 0 saturated carbocycles. The fraction of sp³-hybridized carbons (Fsp3) is 0.692. The average molecular weight is 266 g/mol. The van der Waals surface area contributed by atoms with Crippen LogP contribution in [0, 0.1) is 0 Å². The summed E-state index contributed by atoms with van der Waals surface area (Å²) in [6, 6.07) is 2.11. The molecule has 1 aromatic rings. The van der Waals surface area contributed by atoms with E-state index in [9.17, 15) is 4.79 Å². The predicted molar refractivity (Wildman–Crippen MR) is 73.2 cm³/mol. The summed E-state index contributed by atoms with van der Waals surface area (Å²) in [7, 11) is 1.92. The molecule has 0 bridgehead atoms. The summed E-state index contributed by atoms with van der Waals surface area (Å²) in [4.78, 5) is 13.9. The highest BCUT2D eigenvalue weighted by Crippen LogP contribution is 2.19. The van der Waals surface area contributed by atoms with Crippen molar-refractivity contribution >= 4 is 11.9 Å². The summed E-state index contributed by atoms with van der Waals surface area (Å²) in [5.41, 5.74) is -0.454. The lowest BCUT2D eigenvalue weighted by atomic mass is 10.2. The Morgan fingerprint density at radius 2 is 2.26 bits per heavy atom. The molecule has 6 heteroatoms. The van der Waals surface area contributed by atoms with Crippen molar-refractivity contribution in [1.82, 2.24) is 15.1 Å². The van der Waals surface area contributed by atoms with Gasteiger partial charge >= 0.3 is 6.09 Å². The van der Waals surface area contributed by atoms with Crippen molar-refractivity contribution in [2.75, 3.05) is 18.0 Å². The van der Waals surface area contributed by atoms with Gasteiger partial charge in [0, 0.05) is 26.2 Å². The van der Waals surface area contributed by atoms with Gasteiger partial charge in [-0.25, -0.2) is 4.79 Å². The van der Waals surface area contributed by atoms with Crippen molar-refractivity contribution in [3.05, 3.63) is 12.3 Å². The third-order valence-electron chi connectivity index (χ3n) is 3.03. The molecule has 0 spiro atoms. The molecule has 1 aromatic heterocycles. The average Bonchev–Trinajstić information content (AvgIpc) is 2.83. The van der Waals surface area contributed by atoms with Gasteiger partial charge in [-0.2, -0.15) is 5.10 Å². The molecule has 19 heavy (non-hydrogen) atoms. The number of nitrogens with zero attached hydrogens (tertiary/aromatic N) is 3. The minimum absolute atomic E-state index is 0.129. The van der Waals surface area contributed by atoms with Crippen molar-refractivity contribution in [2.45, 2.75) is 38.8 Å². The summed E-state index contributed by atoms with van der Waals surface area (Å²) in [5, 5.41) is 7.07. The van der Waals surface area contributed by atoms with Gasteiger partial charge in [-0.3, -0.25) is 4.68 Å². The summed E-state index contributed by atoms with van der Waals surface area (Å²) < 4.78 is 7.11. The van der Waals surface area contributed by atoms with Gasteiger partial charge in [0.2, 0.25) is 0 Å². The Morgan fingerprint density at radius 1 is 1.53 bits per heavy atom. The molecule has 1 amide bonds. The molecule has 2 rings (SSSR count). The number of amides is 1. The molecule has 1 saturated heterocycles. The van der Waals surface area contributed by atoms with E-state index in [1.54, 1.807) is 6.20 Å². The van der Waals surface area contributed by atoms with Crippen LogP contribution in [0.15, 0.2) is 12.3 Å². The number of ether oxygens (including phenoxy) is 1. The number of rotatable bonds is 2. The number of aryl methyl sites for hydroxylation is 1. The highest BCUT2D eigenvalue weighted by Gasteiger charge is 2.27. The van der Waals surface area contributed by atoms with E-state index in [-0.39, 0.29) is 12.1 Å². The zero-order chi connectivity index (χ0) is 14.0. The fourth-order valence-electron chi connectivity index (χ4n) is 2.24. The second-order valence-electron chi connectivity index (χ2n) is 5.89. The van der Waals surface area contributed by atoms with E-state index in [1.165, 1.54) is 0 Å². The van der Waals surface area contributed by atoms with E-state index in [2.05, 4.69) is 15.3 Å². The molecule has 6 nitrogen and oxygen atoms in total. The van der Waals surface area contributed by atoms with Crippen molar-refractivity contribution in [3.63, 3.8) is 0 Å². The van der Waals surface area contributed by atoms with Crippen molar-refractivity contribution < 1.29 is 9.53 Å². The van der Waals surface area contributed by atoms with E-state index < -0.39 is 5.60 Å². The number of aromatic nitrogens is 2. The van der Waals surface area contributed by atoms with Gasteiger partial charge in [0.05, 0.1) is 12.2 Å². The third-order valence-corrected chi connectivity index (χ3v) is 3.03. The van der Waals surface area contributed by atoms with Crippen LogP contribution < -0.4 is 10.2 Å². The van der Waals surface area contributed by atoms with Gasteiger partial charge < -0.3 is 15.0 Å². The number of carbonyl (C=O) groups excluding carboxylic acids is 1. The Labute approximate surface area is 113 Å². The molecule has 2 heterocycles. The number of nitrogens with one attached hydrogen (secondary N) is 1. The Kier molecular flexibility index (Phi) is 3.68. The Morgan fingerprint density at radius 3 is 2.84 bits per heavy atom. The van der Waals surface area contributed by atoms with Crippen molar-refractivity contribution in [3.8, 4) is 0 Å². The van der Waals surface area contributed by atoms with Gasteiger partial charge in [-0.15, -0.1) is 0 Å². The molecule has 1 fully saturated rings. The largest absolute Gasteiger partial charge is 0.444 e. The second kappa shape index (κ2) is 5.11. The fourth-order valence-corrected chi connectivity index (χ4v) is 2.24. The minimum Gasteiger partial charge on any atom is -0.444 e. The van der Waals surface area contributed by atoms with Gasteiger partial charge in [0.15, 0.2) is 0 Å². The first-order valence-electron chi connectivity index (χ1n) is 6.57. The summed E-state index contributed by atoms with van der Waals surface area (Å²) >= 11 is 0. The molecule has 1 aliphatic heterocycles. The summed E-state index contributed by atoms with van der Waals surface area (Å²) in [5.74, 6) is 1.08. The van der Waals surface area contributed by atoms with Crippen LogP contribution in [-0.2, 0) is 11.8 Å². The standard InChI is InChI=1S/C13H22N4O2/c1-13(2,3)19-12(18)15-10-6-8-17(9-10)11-5-7-14-16(11)4/h5,7,10H,6,8-9H2,1-4H3,(H,15,18)/t10-/m1/s1. The van der Waals surface area contributed by atoms with E-state index in [0.717, 1.165) is 25.3 Å². The zero-order valence-electron chi connectivity index (χ0n) is 12.0. The highest BCUT2D eigenvalue weighted by atomic mass is 16.6. The molecular weight excluding hydrogens is 244 g/mol. The first-order valence-corrected chi connectivity index (χ1v) is 6.57. The van der Waals surface area contributed by atoms with Crippen LogP contribution in [-0.4, -0.2) is 40.6 Å². The van der Waals surface area contributed by atoms with E-state index in [4.69, 9.17) is 4.74 Å². The zero-order valence-corrected chi connectivity index (χ0v) is 12.0. The van der Waals surface area contributed by atoms with Crippen LogP contribution in [0.4, 0.5) is 10.6 Å². The number of hydrogen-bond acceptors (Lipinski definition) is 4. The van der Waals surface area contributed by atoms with Gasteiger partial charge in [-0.1, -0.05) is 0 Å². The number of alkyl carbamates (subject to hydrolysis) is 1. The van der Waals surface area contributed by atoms with E-state index in [1.807, 2.05) is 38.6 Å². The molecule has 0 unspecified atom stereocenters. The molecule has 1 N–H and O–H groups in total. The Bertz CT molecular complexity index is 450. The highest BCUT2D eigenvalue weighted by molar-refractivity contribution is 5.68. The molecule has 0 radical (unpaired) electrons. The first kappa shape index (κ1) is 13.7. The normalized spacial score (nSPS) is 19.6. The lowest BCUT2D eigenvalue weighted by Gasteiger charge is -2.22. The molecule has 0 aliphatic carbocycles. The quantitative estimate of drug-likeness (QED) is 0.881.